The first-order valence-electron chi connectivity index (χ1n) is 4.51. The Morgan fingerprint density at radius 3 is 2.75 bits per heavy atom. The van der Waals surface area contributed by atoms with Crippen LogP contribution in [-0.4, -0.2) is 36.2 Å². The first kappa shape index (κ1) is 8.20. The second-order valence-electron chi connectivity index (χ2n) is 3.72. The van der Waals surface area contributed by atoms with Crippen LogP contribution >= 0.6 is 0 Å². The number of rotatable bonds is 1. The van der Waals surface area contributed by atoms with Gasteiger partial charge in [-0.25, -0.2) is 0 Å². The van der Waals surface area contributed by atoms with Crippen molar-refractivity contribution in [2.75, 3.05) is 7.05 Å². The molecule has 0 spiro atoms. The van der Waals surface area contributed by atoms with E-state index in [0.29, 0.717) is 18.1 Å². The Balaban J connectivity index is 2.05. The number of aliphatic imine (C=N–C) groups is 1. The maximum atomic E-state index is 9.43. The molecule has 0 bridgehead atoms. The molecule has 2 fully saturated rings. The molecule has 3 nitrogen and oxygen atoms in total. The number of aliphatic hydroxyl groups excluding tert-OH is 1. The summed E-state index contributed by atoms with van der Waals surface area (Å²) >= 11 is 0. The van der Waals surface area contributed by atoms with Crippen LogP contribution in [0.3, 0.4) is 0 Å². The molecule has 2 rings (SSSR count). The predicted octanol–water partition coefficient (Wildman–Crippen LogP) is 0.615. The molecule has 1 saturated heterocycles. The Labute approximate surface area is 72.5 Å². The second kappa shape index (κ2) is 2.82. The highest BCUT2D eigenvalue weighted by molar-refractivity contribution is 5.90. The van der Waals surface area contributed by atoms with Crippen molar-refractivity contribution in [1.82, 2.24) is 0 Å². The van der Waals surface area contributed by atoms with Gasteiger partial charge < -0.3 is 9.84 Å². The van der Waals surface area contributed by atoms with Crippen molar-refractivity contribution in [3.8, 4) is 0 Å². The molecule has 1 N–H and O–H groups in total. The van der Waals surface area contributed by atoms with E-state index in [1.54, 1.807) is 7.05 Å². The van der Waals surface area contributed by atoms with E-state index in [2.05, 4.69) is 11.9 Å². The largest absolute Gasteiger partial charge is 0.393 e. The van der Waals surface area contributed by atoms with Gasteiger partial charge >= 0.3 is 0 Å². The van der Waals surface area contributed by atoms with Crippen molar-refractivity contribution in [2.24, 2.45) is 10.9 Å². The van der Waals surface area contributed by atoms with Crippen LogP contribution in [0, 0.1) is 5.92 Å². The summed E-state index contributed by atoms with van der Waals surface area (Å²) in [6, 6.07) is 0. The average molecular weight is 169 g/mol. The topological polar surface area (TPSA) is 45.1 Å². The molecule has 4 unspecified atom stereocenters. The lowest BCUT2D eigenvalue weighted by molar-refractivity contribution is 0.174. The van der Waals surface area contributed by atoms with Gasteiger partial charge in [0.2, 0.25) is 0 Å². The van der Waals surface area contributed by atoms with Gasteiger partial charge in [-0.2, -0.15) is 0 Å². The molecule has 4 atom stereocenters. The van der Waals surface area contributed by atoms with Crippen molar-refractivity contribution in [1.29, 1.82) is 0 Å². The highest BCUT2D eigenvalue weighted by Gasteiger charge is 2.46. The lowest BCUT2D eigenvalue weighted by Crippen LogP contribution is -2.15. The number of aliphatic hydroxyl groups is 1. The summed E-state index contributed by atoms with van der Waals surface area (Å²) in [7, 11) is 1.80. The molecule has 1 heterocycles. The Hall–Kier alpha value is -0.410. The molecular formula is C9H15NO2. The Kier molecular flexibility index (Phi) is 1.93. The van der Waals surface area contributed by atoms with E-state index in [0.717, 1.165) is 18.6 Å². The summed E-state index contributed by atoms with van der Waals surface area (Å²) in [6.45, 7) is 2.07. The smallest absolute Gasteiger partial charge is 0.0919 e. The third-order valence-electron chi connectivity index (χ3n) is 2.84. The SMILES string of the molecule is CN=C1CC(O)CC1C1OC1C. The van der Waals surface area contributed by atoms with Crippen molar-refractivity contribution >= 4 is 5.71 Å². The standard InChI is InChI=1S/C9H15NO2/c1-5-9(12-5)7-3-6(11)4-8(7)10-2/h5-7,9,11H,3-4H2,1-2H3. The third kappa shape index (κ3) is 1.27. The fourth-order valence-corrected chi connectivity index (χ4v) is 2.11. The van der Waals surface area contributed by atoms with Gasteiger partial charge in [-0.15, -0.1) is 0 Å². The van der Waals surface area contributed by atoms with Crippen LogP contribution in [0.25, 0.3) is 0 Å². The molecule has 68 valence electrons. The zero-order chi connectivity index (χ0) is 8.72. The molecule has 0 aromatic heterocycles. The van der Waals surface area contributed by atoms with Crippen molar-refractivity contribution < 1.29 is 9.84 Å². The van der Waals surface area contributed by atoms with E-state index >= 15 is 0 Å². The summed E-state index contributed by atoms with van der Waals surface area (Å²) in [5.74, 6) is 0.389. The van der Waals surface area contributed by atoms with E-state index in [4.69, 9.17) is 4.74 Å². The zero-order valence-corrected chi connectivity index (χ0v) is 7.53. The lowest BCUT2D eigenvalue weighted by atomic mass is 10.0. The summed E-state index contributed by atoms with van der Waals surface area (Å²) < 4.78 is 5.39. The van der Waals surface area contributed by atoms with Gasteiger partial charge in [0.1, 0.15) is 0 Å². The third-order valence-corrected chi connectivity index (χ3v) is 2.84. The minimum atomic E-state index is -0.190. The van der Waals surface area contributed by atoms with Crippen LogP contribution in [0.5, 0.6) is 0 Å². The maximum Gasteiger partial charge on any atom is 0.0919 e. The van der Waals surface area contributed by atoms with E-state index in [9.17, 15) is 5.11 Å². The van der Waals surface area contributed by atoms with Crippen LogP contribution in [-0.2, 0) is 4.74 Å². The highest BCUT2D eigenvalue weighted by atomic mass is 16.6. The fourth-order valence-electron chi connectivity index (χ4n) is 2.11. The molecule has 1 saturated carbocycles. The monoisotopic (exact) mass is 169 g/mol. The van der Waals surface area contributed by atoms with Crippen LogP contribution in [0.1, 0.15) is 19.8 Å². The Bertz CT molecular complexity index is 215. The van der Waals surface area contributed by atoms with Gasteiger partial charge in [0.15, 0.2) is 0 Å². The zero-order valence-electron chi connectivity index (χ0n) is 7.53. The van der Waals surface area contributed by atoms with E-state index in [1.165, 1.54) is 0 Å². The highest BCUT2D eigenvalue weighted by Crippen LogP contribution is 2.37. The summed E-state index contributed by atoms with van der Waals surface area (Å²) in [6.07, 6.45) is 2.10. The summed E-state index contributed by atoms with van der Waals surface area (Å²) in [4.78, 5) is 4.19. The maximum absolute atomic E-state index is 9.43. The van der Waals surface area contributed by atoms with Gasteiger partial charge in [0.25, 0.3) is 0 Å². The lowest BCUT2D eigenvalue weighted by Gasteiger charge is -2.05. The Morgan fingerprint density at radius 1 is 1.58 bits per heavy atom. The predicted molar refractivity (Wildman–Crippen MR) is 46.4 cm³/mol. The van der Waals surface area contributed by atoms with Gasteiger partial charge in [-0.3, -0.25) is 4.99 Å². The molecule has 0 radical (unpaired) electrons. The number of epoxide rings is 1. The first-order valence-corrected chi connectivity index (χ1v) is 4.51. The first-order chi connectivity index (χ1) is 5.72. The van der Waals surface area contributed by atoms with Crippen LogP contribution in [0.4, 0.5) is 0 Å². The molecule has 3 heteroatoms. The average Bonchev–Trinajstić information content (AvgIpc) is 2.61. The number of hydrogen-bond acceptors (Lipinski definition) is 3. The van der Waals surface area contributed by atoms with E-state index < -0.39 is 0 Å². The van der Waals surface area contributed by atoms with Crippen molar-refractivity contribution in [3.63, 3.8) is 0 Å². The van der Waals surface area contributed by atoms with Gasteiger partial charge in [0.05, 0.1) is 18.3 Å². The minimum absolute atomic E-state index is 0.190. The molecule has 1 aliphatic heterocycles. The minimum Gasteiger partial charge on any atom is -0.393 e. The summed E-state index contributed by atoms with van der Waals surface area (Å²) in [5.41, 5.74) is 1.14. The van der Waals surface area contributed by atoms with E-state index in [-0.39, 0.29) is 6.10 Å². The van der Waals surface area contributed by atoms with Gasteiger partial charge in [-0.05, 0) is 13.3 Å². The quantitative estimate of drug-likeness (QED) is 0.585. The Morgan fingerprint density at radius 2 is 2.25 bits per heavy atom. The normalized spacial score (nSPS) is 50.1. The molecular weight excluding hydrogens is 154 g/mol. The van der Waals surface area contributed by atoms with E-state index in [1.807, 2.05) is 0 Å². The molecule has 12 heavy (non-hydrogen) atoms. The number of ether oxygens (including phenoxy) is 1. The number of hydrogen-bond donors (Lipinski definition) is 1. The molecule has 0 aromatic carbocycles. The summed E-state index contributed by atoms with van der Waals surface area (Å²) in [5, 5.41) is 9.43. The molecule has 0 aromatic rings. The van der Waals surface area contributed by atoms with Crippen molar-refractivity contribution in [2.45, 2.75) is 38.1 Å². The molecule has 0 amide bonds. The van der Waals surface area contributed by atoms with Crippen molar-refractivity contribution in [3.05, 3.63) is 0 Å². The van der Waals surface area contributed by atoms with Gasteiger partial charge in [0, 0.05) is 25.1 Å². The molecule has 1 aliphatic carbocycles. The fraction of sp³-hybridized carbons (Fsp3) is 0.889. The second-order valence-corrected chi connectivity index (χ2v) is 3.72. The van der Waals surface area contributed by atoms with Crippen LogP contribution in [0.15, 0.2) is 4.99 Å². The van der Waals surface area contributed by atoms with Crippen LogP contribution < -0.4 is 0 Å². The van der Waals surface area contributed by atoms with Crippen LogP contribution in [0.2, 0.25) is 0 Å². The van der Waals surface area contributed by atoms with Gasteiger partial charge in [-0.1, -0.05) is 0 Å². The number of nitrogens with zero attached hydrogens (tertiary/aromatic N) is 1. The molecule has 2 aliphatic rings.